The number of urea groups is 1. The molecule has 1 saturated heterocycles. The van der Waals surface area contributed by atoms with Gasteiger partial charge < -0.3 is 16.4 Å². The molecule has 5 N–H and O–H groups in total. The van der Waals surface area contributed by atoms with Gasteiger partial charge in [0.25, 0.3) is 0 Å². The summed E-state index contributed by atoms with van der Waals surface area (Å²) in [5, 5.41) is 2.06. The van der Waals surface area contributed by atoms with Crippen LogP contribution in [0.15, 0.2) is 0 Å². The first-order chi connectivity index (χ1) is 7.81. The lowest BCUT2D eigenvalue weighted by Gasteiger charge is -2.42. The molecule has 0 spiro atoms. The highest BCUT2D eigenvalue weighted by atomic mass is 16.2. The lowest BCUT2D eigenvalue weighted by Crippen LogP contribution is -2.52. The van der Waals surface area contributed by atoms with Gasteiger partial charge in [0, 0.05) is 25.6 Å². The molecule has 1 aliphatic heterocycles. The number of nitrogens with zero attached hydrogens (tertiary/aromatic N) is 1. The maximum absolute atomic E-state index is 11.3. The third-order valence-electron chi connectivity index (χ3n) is 3.31. The van der Waals surface area contributed by atoms with Crippen molar-refractivity contribution in [2.45, 2.75) is 32.7 Å². The van der Waals surface area contributed by atoms with Crippen molar-refractivity contribution in [1.29, 1.82) is 0 Å². The summed E-state index contributed by atoms with van der Waals surface area (Å²) >= 11 is 0. The summed E-state index contributed by atoms with van der Waals surface area (Å²) in [4.78, 5) is 23.9. The number of hydrogen-bond donors (Lipinski definition) is 3. The smallest absolute Gasteiger partial charge is 0.318 e. The fraction of sp³-hybridized carbons (Fsp3) is 0.818. The third kappa shape index (κ3) is 4.32. The van der Waals surface area contributed by atoms with Crippen LogP contribution in [0.4, 0.5) is 4.79 Å². The van der Waals surface area contributed by atoms with E-state index in [9.17, 15) is 9.59 Å². The van der Waals surface area contributed by atoms with E-state index >= 15 is 0 Å². The summed E-state index contributed by atoms with van der Waals surface area (Å²) in [5.74, 6) is -0.329. The minimum atomic E-state index is -0.795. The number of amides is 3. The summed E-state index contributed by atoms with van der Waals surface area (Å²) in [6.07, 6.45) is 1.22. The molecule has 0 aliphatic carbocycles. The van der Waals surface area contributed by atoms with Gasteiger partial charge in [0.15, 0.2) is 0 Å². The first-order valence-electron chi connectivity index (χ1n) is 5.88. The van der Waals surface area contributed by atoms with E-state index in [-0.39, 0.29) is 23.8 Å². The van der Waals surface area contributed by atoms with Crippen molar-refractivity contribution in [3.63, 3.8) is 0 Å². The Morgan fingerprint density at radius 3 is 2.65 bits per heavy atom. The van der Waals surface area contributed by atoms with Crippen LogP contribution in [0.1, 0.15) is 26.7 Å². The topological polar surface area (TPSA) is 101 Å². The molecule has 1 heterocycles. The van der Waals surface area contributed by atoms with Crippen molar-refractivity contribution in [2.24, 2.45) is 16.9 Å². The van der Waals surface area contributed by atoms with Gasteiger partial charge in [-0.05, 0) is 18.4 Å². The van der Waals surface area contributed by atoms with E-state index in [4.69, 9.17) is 11.5 Å². The molecular weight excluding hydrogens is 220 g/mol. The maximum atomic E-state index is 11.3. The molecule has 6 heteroatoms. The highest BCUT2D eigenvalue weighted by molar-refractivity contribution is 5.93. The normalized spacial score (nSPS) is 24.3. The van der Waals surface area contributed by atoms with Crippen LogP contribution in [0.3, 0.4) is 0 Å². The van der Waals surface area contributed by atoms with Gasteiger partial charge in [-0.1, -0.05) is 13.8 Å². The number of likely N-dealkylation sites (tertiary alicyclic amines) is 1. The zero-order valence-corrected chi connectivity index (χ0v) is 10.5. The Labute approximate surface area is 102 Å². The molecule has 1 unspecified atom stereocenters. The van der Waals surface area contributed by atoms with Crippen molar-refractivity contribution in [1.82, 2.24) is 10.2 Å². The van der Waals surface area contributed by atoms with E-state index in [1.807, 2.05) is 0 Å². The van der Waals surface area contributed by atoms with E-state index in [1.54, 1.807) is 0 Å². The number of rotatable bonds is 3. The lowest BCUT2D eigenvalue weighted by molar-refractivity contribution is -0.120. The summed E-state index contributed by atoms with van der Waals surface area (Å²) < 4.78 is 0. The largest absolute Gasteiger partial charge is 0.351 e. The molecule has 6 nitrogen and oxygen atoms in total. The predicted molar refractivity (Wildman–Crippen MR) is 65.2 cm³/mol. The number of nitrogens with two attached hydrogens (primary N) is 2. The number of hydrogen-bond acceptors (Lipinski definition) is 4. The molecule has 0 aromatic carbocycles. The van der Waals surface area contributed by atoms with Gasteiger partial charge >= 0.3 is 6.03 Å². The van der Waals surface area contributed by atoms with Gasteiger partial charge in [-0.15, -0.1) is 0 Å². The Hall–Kier alpha value is -1.14. The van der Waals surface area contributed by atoms with Gasteiger partial charge in [0.05, 0.1) is 0 Å². The summed E-state index contributed by atoms with van der Waals surface area (Å²) in [5.41, 5.74) is 11.0. The lowest BCUT2D eigenvalue weighted by atomic mass is 9.80. The SMILES string of the molecule is CC1(C)CN(CCC(=O)NC(N)=O)CCC1N. The number of nitrogens with one attached hydrogen (secondary N) is 1. The number of primary amides is 1. The molecule has 0 saturated carbocycles. The van der Waals surface area contributed by atoms with Crippen molar-refractivity contribution >= 4 is 11.9 Å². The number of imide groups is 1. The van der Waals surface area contributed by atoms with Crippen molar-refractivity contribution in [3.05, 3.63) is 0 Å². The zero-order chi connectivity index (χ0) is 13.1. The molecule has 3 amide bonds. The first kappa shape index (κ1) is 13.9. The van der Waals surface area contributed by atoms with E-state index < -0.39 is 6.03 Å². The van der Waals surface area contributed by atoms with Gasteiger partial charge in [-0.3, -0.25) is 10.1 Å². The minimum absolute atomic E-state index is 0.0679. The standard InChI is InChI=1S/C11H22N4O2/c1-11(2)7-15(5-3-8(11)12)6-4-9(16)14-10(13)17/h8H,3-7,12H2,1-2H3,(H3,13,14,16,17). The fourth-order valence-corrected chi connectivity index (χ4v) is 2.14. The van der Waals surface area contributed by atoms with Crippen LogP contribution in [0, 0.1) is 5.41 Å². The van der Waals surface area contributed by atoms with Gasteiger partial charge in [0.2, 0.25) is 5.91 Å². The predicted octanol–water partition coefficient (Wildman–Crippen LogP) is -0.369. The maximum Gasteiger partial charge on any atom is 0.318 e. The van der Waals surface area contributed by atoms with E-state index in [0.29, 0.717) is 6.54 Å². The second-order valence-corrected chi connectivity index (χ2v) is 5.32. The van der Waals surface area contributed by atoms with Crippen molar-refractivity contribution in [3.8, 4) is 0 Å². The van der Waals surface area contributed by atoms with Crippen molar-refractivity contribution in [2.75, 3.05) is 19.6 Å². The molecule has 1 fully saturated rings. The zero-order valence-electron chi connectivity index (χ0n) is 10.5. The Balaban J connectivity index is 2.34. The number of piperidine rings is 1. The number of carbonyl (C=O) groups is 2. The third-order valence-corrected chi connectivity index (χ3v) is 3.31. The Morgan fingerprint density at radius 2 is 2.12 bits per heavy atom. The Kier molecular flexibility index (Phi) is 4.47. The molecule has 0 bridgehead atoms. The fourth-order valence-electron chi connectivity index (χ4n) is 2.14. The Bertz CT molecular complexity index is 304. The summed E-state index contributed by atoms with van der Waals surface area (Å²) in [7, 11) is 0. The second kappa shape index (κ2) is 5.46. The van der Waals surface area contributed by atoms with Crippen LogP contribution >= 0.6 is 0 Å². The average molecular weight is 242 g/mol. The van der Waals surface area contributed by atoms with Crippen LogP contribution in [0.25, 0.3) is 0 Å². The van der Waals surface area contributed by atoms with Crippen LogP contribution in [0.2, 0.25) is 0 Å². The van der Waals surface area contributed by atoms with Gasteiger partial charge in [-0.25, -0.2) is 4.79 Å². The number of carbonyl (C=O) groups excluding carboxylic acids is 2. The van der Waals surface area contributed by atoms with Crippen LogP contribution in [0.5, 0.6) is 0 Å². The van der Waals surface area contributed by atoms with Crippen LogP contribution < -0.4 is 16.8 Å². The average Bonchev–Trinajstić information content (AvgIpc) is 2.18. The highest BCUT2D eigenvalue weighted by Crippen LogP contribution is 2.27. The molecule has 1 rings (SSSR count). The molecule has 1 atom stereocenters. The minimum Gasteiger partial charge on any atom is -0.351 e. The second-order valence-electron chi connectivity index (χ2n) is 5.32. The highest BCUT2D eigenvalue weighted by Gasteiger charge is 2.33. The monoisotopic (exact) mass is 242 g/mol. The molecule has 0 radical (unpaired) electrons. The molecule has 1 aliphatic rings. The summed E-state index contributed by atoms with van der Waals surface area (Å²) in [6, 6.07) is -0.589. The molecule has 0 aromatic rings. The molecular formula is C11H22N4O2. The van der Waals surface area contributed by atoms with Crippen LogP contribution in [-0.2, 0) is 4.79 Å². The van der Waals surface area contributed by atoms with Gasteiger partial charge in [0.1, 0.15) is 0 Å². The van der Waals surface area contributed by atoms with Crippen LogP contribution in [-0.4, -0.2) is 42.5 Å². The van der Waals surface area contributed by atoms with E-state index in [0.717, 1.165) is 19.5 Å². The summed E-state index contributed by atoms with van der Waals surface area (Å²) in [6.45, 7) is 6.67. The first-order valence-corrected chi connectivity index (χ1v) is 5.88. The van der Waals surface area contributed by atoms with Gasteiger partial charge in [-0.2, -0.15) is 0 Å². The van der Waals surface area contributed by atoms with E-state index in [1.165, 1.54) is 0 Å². The Morgan fingerprint density at radius 1 is 1.47 bits per heavy atom. The van der Waals surface area contributed by atoms with Crippen molar-refractivity contribution < 1.29 is 9.59 Å². The molecule has 17 heavy (non-hydrogen) atoms. The molecule has 0 aromatic heterocycles. The van der Waals surface area contributed by atoms with E-state index in [2.05, 4.69) is 24.1 Å². The quantitative estimate of drug-likeness (QED) is 0.628. The molecule has 98 valence electrons.